The van der Waals surface area contributed by atoms with E-state index in [0.29, 0.717) is 21.6 Å². The van der Waals surface area contributed by atoms with Crippen molar-refractivity contribution in [3.63, 3.8) is 0 Å². The molecular weight excluding hydrogens is 378 g/mol. The number of carbonyl (C=O) groups excluding carboxylic acids is 2. The first-order chi connectivity index (χ1) is 12.5. The van der Waals surface area contributed by atoms with Gasteiger partial charge in [-0.3, -0.25) is 13.9 Å². The number of halogens is 2. The fourth-order valence-electron chi connectivity index (χ4n) is 2.49. The summed E-state index contributed by atoms with van der Waals surface area (Å²) < 4.78 is 51.7. The van der Waals surface area contributed by atoms with E-state index in [0.717, 1.165) is 18.4 Å². The summed E-state index contributed by atoms with van der Waals surface area (Å²) in [5.41, 5.74) is 0.496. The Balaban J connectivity index is 2.33. The monoisotopic (exact) mass is 396 g/mol. The van der Waals surface area contributed by atoms with Crippen molar-refractivity contribution in [3.8, 4) is 0 Å². The van der Waals surface area contributed by atoms with Gasteiger partial charge < -0.3 is 5.32 Å². The second-order valence-electron chi connectivity index (χ2n) is 5.96. The minimum Gasteiger partial charge on any atom is -0.324 e. The highest BCUT2D eigenvalue weighted by Crippen LogP contribution is 2.24. The van der Waals surface area contributed by atoms with Gasteiger partial charge in [-0.15, -0.1) is 0 Å². The minimum absolute atomic E-state index is 0.184. The number of Topliss-reactive ketones (excluding diaryl/α,β-unsaturated/α-hetero) is 1. The third-order valence-corrected chi connectivity index (χ3v) is 5.02. The summed E-state index contributed by atoms with van der Waals surface area (Å²) in [6, 6.07) is 7.44. The number of nitrogens with one attached hydrogen (secondary N) is 1. The van der Waals surface area contributed by atoms with Gasteiger partial charge in [-0.1, -0.05) is 12.1 Å². The predicted molar refractivity (Wildman–Crippen MR) is 98.2 cm³/mol. The molecule has 2 rings (SSSR count). The Morgan fingerprint density at radius 1 is 1.07 bits per heavy atom. The van der Waals surface area contributed by atoms with Crippen LogP contribution in [-0.2, 0) is 14.8 Å². The summed E-state index contributed by atoms with van der Waals surface area (Å²) in [5.74, 6) is -3.27. The van der Waals surface area contributed by atoms with Crippen LogP contribution < -0.4 is 9.62 Å². The average molecular weight is 396 g/mol. The molecule has 2 aromatic rings. The minimum atomic E-state index is -3.98. The van der Waals surface area contributed by atoms with Crippen molar-refractivity contribution in [2.75, 3.05) is 15.9 Å². The first-order valence-corrected chi connectivity index (χ1v) is 9.72. The molecule has 0 heterocycles. The summed E-state index contributed by atoms with van der Waals surface area (Å²) in [7, 11) is -3.98. The summed E-state index contributed by atoms with van der Waals surface area (Å²) in [5, 5.41) is 2.52. The Bertz CT molecular complexity index is 993. The zero-order valence-electron chi connectivity index (χ0n) is 14.9. The van der Waals surface area contributed by atoms with Gasteiger partial charge in [0.15, 0.2) is 17.4 Å². The first-order valence-electron chi connectivity index (χ1n) is 7.87. The smallest absolute Gasteiger partial charge is 0.247 e. The van der Waals surface area contributed by atoms with E-state index >= 15 is 0 Å². The van der Waals surface area contributed by atoms with Crippen LogP contribution in [0.4, 0.5) is 20.2 Å². The van der Waals surface area contributed by atoms with Crippen LogP contribution in [0.5, 0.6) is 0 Å². The van der Waals surface area contributed by atoms with Gasteiger partial charge in [0.25, 0.3) is 0 Å². The summed E-state index contributed by atoms with van der Waals surface area (Å²) >= 11 is 0. The van der Waals surface area contributed by atoms with Crippen LogP contribution in [0.3, 0.4) is 0 Å². The van der Waals surface area contributed by atoms with Crippen LogP contribution >= 0.6 is 0 Å². The Kier molecular flexibility index (Phi) is 5.94. The summed E-state index contributed by atoms with van der Waals surface area (Å²) in [6.07, 6.45) is 0.856. The zero-order chi connectivity index (χ0) is 20.4. The van der Waals surface area contributed by atoms with Gasteiger partial charge in [0.2, 0.25) is 15.9 Å². The van der Waals surface area contributed by atoms with Crippen molar-refractivity contribution in [2.45, 2.75) is 19.9 Å². The molecule has 1 N–H and O–H groups in total. The van der Waals surface area contributed by atoms with E-state index in [-0.39, 0.29) is 11.5 Å². The highest BCUT2D eigenvalue weighted by atomic mass is 32.2. The number of ketones is 1. The van der Waals surface area contributed by atoms with Crippen molar-refractivity contribution >= 4 is 33.1 Å². The maximum atomic E-state index is 13.5. The Labute approximate surface area is 155 Å². The van der Waals surface area contributed by atoms with Crippen molar-refractivity contribution in [1.82, 2.24) is 0 Å². The topological polar surface area (TPSA) is 83.6 Å². The van der Waals surface area contributed by atoms with Gasteiger partial charge in [-0.2, -0.15) is 0 Å². The molecule has 0 spiro atoms. The van der Waals surface area contributed by atoms with Gasteiger partial charge >= 0.3 is 0 Å². The number of sulfonamides is 1. The zero-order valence-corrected chi connectivity index (χ0v) is 15.7. The van der Waals surface area contributed by atoms with Crippen LogP contribution in [0.15, 0.2) is 42.5 Å². The van der Waals surface area contributed by atoms with E-state index in [4.69, 9.17) is 0 Å². The quantitative estimate of drug-likeness (QED) is 0.761. The average Bonchev–Trinajstić information content (AvgIpc) is 2.57. The fraction of sp³-hybridized carbons (Fsp3) is 0.222. The molecule has 2 aromatic carbocycles. The number of carbonyl (C=O) groups is 2. The number of benzene rings is 2. The Morgan fingerprint density at radius 2 is 1.74 bits per heavy atom. The molecule has 0 aliphatic heterocycles. The highest BCUT2D eigenvalue weighted by molar-refractivity contribution is 7.92. The predicted octanol–water partition coefficient (Wildman–Crippen LogP) is 2.96. The fourth-order valence-corrected chi connectivity index (χ4v) is 3.66. The SMILES string of the molecule is CC(=O)c1cccc(NC(=O)[C@@H](C)N(c2ccc(F)c(F)c2)S(C)(=O)=O)c1. The molecule has 0 bridgehead atoms. The Morgan fingerprint density at radius 3 is 2.30 bits per heavy atom. The molecule has 0 aliphatic carbocycles. The number of amides is 1. The summed E-state index contributed by atoms with van der Waals surface area (Å²) in [4.78, 5) is 24.0. The van der Waals surface area contributed by atoms with Crippen LogP contribution in [0.1, 0.15) is 24.2 Å². The lowest BCUT2D eigenvalue weighted by Gasteiger charge is -2.28. The maximum Gasteiger partial charge on any atom is 0.247 e. The van der Waals surface area contributed by atoms with Crippen molar-refractivity contribution in [3.05, 3.63) is 59.7 Å². The van der Waals surface area contributed by atoms with E-state index in [2.05, 4.69) is 5.32 Å². The molecule has 0 fully saturated rings. The van der Waals surface area contributed by atoms with Crippen molar-refractivity contribution in [1.29, 1.82) is 0 Å². The van der Waals surface area contributed by atoms with E-state index in [1.54, 1.807) is 18.2 Å². The third-order valence-electron chi connectivity index (χ3n) is 3.78. The van der Waals surface area contributed by atoms with Gasteiger partial charge in [0, 0.05) is 17.3 Å². The normalized spacial score (nSPS) is 12.3. The van der Waals surface area contributed by atoms with E-state index in [1.165, 1.54) is 19.9 Å². The third kappa shape index (κ3) is 4.88. The van der Waals surface area contributed by atoms with Crippen molar-refractivity contribution in [2.24, 2.45) is 0 Å². The molecule has 0 saturated carbocycles. The van der Waals surface area contributed by atoms with E-state index in [1.807, 2.05) is 0 Å². The van der Waals surface area contributed by atoms with Crippen LogP contribution in [0.25, 0.3) is 0 Å². The molecule has 27 heavy (non-hydrogen) atoms. The second-order valence-corrected chi connectivity index (χ2v) is 7.82. The van der Waals surface area contributed by atoms with Crippen LogP contribution in [0.2, 0.25) is 0 Å². The lowest BCUT2D eigenvalue weighted by Crippen LogP contribution is -2.45. The van der Waals surface area contributed by atoms with Crippen LogP contribution in [-0.4, -0.2) is 32.4 Å². The molecule has 0 radical (unpaired) electrons. The van der Waals surface area contributed by atoms with E-state index in [9.17, 15) is 26.8 Å². The number of hydrogen-bond acceptors (Lipinski definition) is 4. The Hall–Kier alpha value is -2.81. The molecule has 1 atom stereocenters. The molecule has 0 saturated heterocycles. The van der Waals surface area contributed by atoms with Crippen LogP contribution in [0, 0.1) is 11.6 Å². The lowest BCUT2D eigenvalue weighted by atomic mass is 10.1. The van der Waals surface area contributed by atoms with Gasteiger partial charge in [0.1, 0.15) is 6.04 Å². The summed E-state index contributed by atoms with van der Waals surface area (Å²) in [6.45, 7) is 2.69. The van der Waals surface area contributed by atoms with Gasteiger partial charge in [-0.05, 0) is 38.1 Å². The largest absolute Gasteiger partial charge is 0.324 e. The molecule has 6 nitrogen and oxygen atoms in total. The molecule has 9 heteroatoms. The lowest BCUT2D eigenvalue weighted by molar-refractivity contribution is -0.116. The second kappa shape index (κ2) is 7.83. The number of hydrogen-bond donors (Lipinski definition) is 1. The molecule has 0 aliphatic rings. The molecule has 0 unspecified atom stereocenters. The molecule has 0 aromatic heterocycles. The highest BCUT2D eigenvalue weighted by Gasteiger charge is 2.30. The standard InChI is InChI=1S/C18H18F2N2O4S/c1-11(18(24)21-14-6-4-5-13(9-14)12(2)23)22(27(3,25)26)15-7-8-16(19)17(20)10-15/h4-11H,1-3H3,(H,21,24)/t11-/m1/s1. The van der Waals surface area contributed by atoms with Gasteiger partial charge in [0.05, 0.1) is 11.9 Å². The number of anilines is 2. The molecule has 1 amide bonds. The van der Waals surface area contributed by atoms with Crippen molar-refractivity contribution < 1.29 is 26.8 Å². The number of nitrogens with zero attached hydrogens (tertiary/aromatic N) is 1. The molecular formula is C18H18F2N2O4S. The maximum absolute atomic E-state index is 13.5. The number of rotatable bonds is 6. The first kappa shape index (κ1) is 20.5. The molecule has 144 valence electrons. The van der Waals surface area contributed by atoms with Gasteiger partial charge in [-0.25, -0.2) is 17.2 Å². The van der Waals surface area contributed by atoms with E-state index < -0.39 is 33.6 Å².